The Balaban J connectivity index is 1.83. The van der Waals surface area contributed by atoms with Crippen LogP contribution in [0.5, 0.6) is 5.75 Å². The summed E-state index contributed by atoms with van der Waals surface area (Å²) in [5, 5.41) is 6.61. The molecule has 7 heteroatoms. The predicted molar refractivity (Wildman–Crippen MR) is 79.1 cm³/mol. The van der Waals surface area contributed by atoms with E-state index in [1.165, 1.54) is 11.3 Å². The van der Waals surface area contributed by atoms with Crippen molar-refractivity contribution in [1.29, 1.82) is 0 Å². The number of carbonyl (C=O) groups is 1. The van der Waals surface area contributed by atoms with Gasteiger partial charge in [-0.2, -0.15) is 0 Å². The summed E-state index contributed by atoms with van der Waals surface area (Å²) in [5.74, 6) is 2.33. The van der Waals surface area contributed by atoms with Gasteiger partial charge in [0.15, 0.2) is 5.13 Å². The fourth-order valence-corrected chi connectivity index (χ4v) is 3.73. The normalized spacial score (nSPS) is 18.7. The number of methoxy groups -OCH3 is 1. The molecular weight excluding hydrogens is 282 g/mol. The number of benzene rings is 1. The average Bonchev–Trinajstić information content (AvgIpc) is 3.06. The Labute approximate surface area is 118 Å². The molecule has 1 saturated heterocycles. The summed E-state index contributed by atoms with van der Waals surface area (Å²) >= 11 is 3.18. The predicted octanol–water partition coefficient (Wildman–Crippen LogP) is 1.91. The molecule has 1 amide bonds. The Bertz CT molecular complexity index is 608. The first-order valence-corrected chi connectivity index (χ1v) is 7.80. The van der Waals surface area contributed by atoms with Gasteiger partial charge in [0.25, 0.3) is 0 Å². The lowest BCUT2D eigenvalue weighted by Gasteiger charge is -2.07. The van der Waals surface area contributed by atoms with Gasteiger partial charge in [-0.15, -0.1) is 11.8 Å². The second-order valence-corrected chi connectivity index (χ2v) is 6.15. The van der Waals surface area contributed by atoms with E-state index in [1.54, 1.807) is 18.9 Å². The molecule has 1 aromatic carbocycles. The number of anilines is 1. The third-order valence-corrected chi connectivity index (χ3v) is 4.74. The topological polar surface area (TPSA) is 63.2 Å². The summed E-state index contributed by atoms with van der Waals surface area (Å²) in [6, 6.07) is 5.62. The molecule has 0 saturated carbocycles. The molecule has 0 bridgehead atoms. The monoisotopic (exact) mass is 295 g/mol. The lowest BCUT2D eigenvalue weighted by atomic mass is 10.3. The van der Waals surface area contributed by atoms with Crippen LogP contribution in [-0.2, 0) is 4.79 Å². The van der Waals surface area contributed by atoms with Gasteiger partial charge in [-0.1, -0.05) is 17.4 Å². The number of nitrogens with one attached hydrogen (secondary N) is 2. The van der Waals surface area contributed by atoms with Crippen molar-refractivity contribution in [3.8, 4) is 5.75 Å². The van der Waals surface area contributed by atoms with E-state index >= 15 is 0 Å². The molecule has 1 aliphatic heterocycles. The van der Waals surface area contributed by atoms with E-state index in [9.17, 15) is 4.79 Å². The molecule has 0 spiro atoms. The first-order chi connectivity index (χ1) is 9.28. The van der Waals surface area contributed by atoms with Crippen LogP contribution in [-0.4, -0.2) is 35.7 Å². The molecule has 2 N–H and O–H groups in total. The number of hydrogen-bond acceptors (Lipinski definition) is 6. The highest BCUT2D eigenvalue weighted by Crippen LogP contribution is 2.32. The quantitative estimate of drug-likeness (QED) is 0.905. The van der Waals surface area contributed by atoms with Crippen LogP contribution in [0, 0.1) is 0 Å². The summed E-state index contributed by atoms with van der Waals surface area (Å²) in [7, 11) is 1.62. The van der Waals surface area contributed by atoms with Gasteiger partial charge >= 0.3 is 0 Å². The van der Waals surface area contributed by atoms with Gasteiger partial charge in [0, 0.05) is 11.6 Å². The van der Waals surface area contributed by atoms with E-state index in [-0.39, 0.29) is 11.9 Å². The number of nitrogens with zero attached hydrogens (tertiary/aromatic N) is 1. The van der Waals surface area contributed by atoms with E-state index in [1.807, 2.05) is 18.2 Å². The van der Waals surface area contributed by atoms with E-state index < -0.39 is 0 Å². The second-order valence-electron chi connectivity index (χ2n) is 4.09. The molecule has 2 heterocycles. The summed E-state index contributed by atoms with van der Waals surface area (Å²) in [6.45, 7) is 0. The van der Waals surface area contributed by atoms with Crippen LogP contribution < -0.4 is 15.4 Å². The van der Waals surface area contributed by atoms with Gasteiger partial charge in [-0.05, 0) is 12.1 Å². The number of aromatic nitrogens is 1. The standard InChI is InChI=1S/C12H13N3O2S2/c1-17-8-3-2-4-9-10(8)14-12(19-9)15-11(16)7-5-18-6-13-7/h2-4,7,13H,5-6H2,1H3,(H,14,15,16). The smallest absolute Gasteiger partial charge is 0.244 e. The van der Waals surface area contributed by atoms with Gasteiger partial charge in [0.05, 0.1) is 17.9 Å². The zero-order valence-electron chi connectivity index (χ0n) is 10.3. The van der Waals surface area contributed by atoms with Crippen molar-refractivity contribution in [2.45, 2.75) is 6.04 Å². The molecular formula is C12H13N3O2S2. The van der Waals surface area contributed by atoms with Crippen molar-refractivity contribution >= 4 is 44.4 Å². The molecule has 0 aliphatic carbocycles. The summed E-state index contributed by atoms with van der Waals surface area (Å²) in [4.78, 5) is 16.4. The molecule has 5 nitrogen and oxygen atoms in total. The van der Waals surface area contributed by atoms with Gasteiger partial charge in [-0.3, -0.25) is 10.1 Å². The fourth-order valence-electron chi connectivity index (χ4n) is 1.90. The zero-order valence-corrected chi connectivity index (χ0v) is 11.9. The minimum atomic E-state index is -0.126. The molecule has 1 fully saturated rings. The highest BCUT2D eigenvalue weighted by atomic mass is 32.2. The third-order valence-electron chi connectivity index (χ3n) is 2.86. The Morgan fingerprint density at radius 2 is 2.47 bits per heavy atom. The number of ether oxygens (including phenoxy) is 1. The second kappa shape index (κ2) is 5.36. The maximum Gasteiger partial charge on any atom is 0.244 e. The average molecular weight is 295 g/mol. The number of amides is 1. The minimum Gasteiger partial charge on any atom is -0.494 e. The molecule has 0 radical (unpaired) electrons. The van der Waals surface area contributed by atoms with Crippen LogP contribution in [0.15, 0.2) is 18.2 Å². The third kappa shape index (κ3) is 2.54. The Morgan fingerprint density at radius 3 is 3.21 bits per heavy atom. The number of hydrogen-bond donors (Lipinski definition) is 2. The number of fused-ring (bicyclic) bond motifs is 1. The van der Waals surface area contributed by atoms with Gasteiger partial charge < -0.3 is 10.1 Å². The maximum atomic E-state index is 12.0. The first kappa shape index (κ1) is 12.7. The van der Waals surface area contributed by atoms with Crippen molar-refractivity contribution < 1.29 is 9.53 Å². The van der Waals surface area contributed by atoms with Crippen LogP contribution in [0.1, 0.15) is 0 Å². The van der Waals surface area contributed by atoms with Gasteiger partial charge in [0.2, 0.25) is 5.91 Å². The van der Waals surface area contributed by atoms with E-state index in [4.69, 9.17) is 4.74 Å². The summed E-state index contributed by atoms with van der Waals surface area (Å²) in [6.07, 6.45) is 0. The molecule has 1 atom stereocenters. The molecule has 2 aromatic rings. The van der Waals surface area contributed by atoms with Crippen molar-refractivity contribution in [1.82, 2.24) is 10.3 Å². The molecule has 100 valence electrons. The zero-order chi connectivity index (χ0) is 13.2. The largest absolute Gasteiger partial charge is 0.494 e. The van der Waals surface area contributed by atoms with E-state index in [0.29, 0.717) is 5.13 Å². The fraction of sp³-hybridized carbons (Fsp3) is 0.333. The Hall–Kier alpha value is -1.31. The minimum absolute atomic E-state index is 0.0250. The van der Waals surface area contributed by atoms with E-state index in [2.05, 4.69) is 15.6 Å². The van der Waals surface area contributed by atoms with Crippen molar-refractivity contribution in [2.24, 2.45) is 0 Å². The van der Waals surface area contributed by atoms with Crippen LogP contribution in [0.4, 0.5) is 5.13 Å². The van der Waals surface area contributed by atoms with Crippen molar-refractivity contribution in [2.75, 3.05) is 24.1 Å². The summed E-state index contributed by atoms with van der Waals surface area (Å²) < 4.78 is 6.26. The number of rotatable bonds is 3. The number of para-hydroxylation sites is 1. The maximum absolute atomic E-state index is 12.0. The van der Waals surface area contributed by atoms with Gasteiger partial charge in [-0.25, -0.2) is 4.98 Å². The number of thiazole rings is 1. The number of thioether (sulfide) groups is 1. The lowest BCUT2D eigenvalue weighted by molar-refractivity contribution is -0.117. The SMILES string of the molecule is COc1cccc2sc(NC(=O)C3CSCN3)nc12. The van der Waals surface area contributed by atoms with Crippen LogP contribution >= 0.6 is 23.1 Å². The molecule has 1 aliphatic rings. The first-order valence-electron chi connectivity index (χ1n) is 5.83. The van der Waals surface area contributed by atoms with E-state index in [0.717, 1.165) is 27.6 Å². The van der Waals surface area contributed by atoms with Crippen molar-refractivity contribution in [3.63, 3.8) is 0 Å². The lowest BCUT2D eigenvalue weighted by Crippen LogP contribution is -2.37. The summed E-state index contributed by atoms with van der Waals surface area (Å²) in [5.41, 5.74) is 0.791. The molecule has 19 heavy (non-hydrogen) atoms. The highest BCUT2D eigenvalue weighted by molar-refractivity contribution is 7.99. The number of carbonyl (C=O) groups excluding carboxylic acids is 1. The van der Waals surface area contributed by atoms with Crippen LogP contribution in [0.3, 0.4) is 0 Å². The molecule has 3 rings (SSSR count). The molecule has 1 aromatic heterocycles. The van der Waals surface area contributed by atoms with Crippen LogP contribution in [0.2, 0.25) is 0 Å². The Kier molecular flexibility index (Phi) is 3.58. The Morgan fingerprint density at radius 1 is 1.58 bits per heavy atom. The highest BCUT2D eigenvalue weighted by Gasteiger charge is 2.23. The molecule has 1 unspecified atom stereocenters. The van der Waals surface area contributed by atoms with Crippen molar-refractivity contribution in [3.05, 3.63) is 18.2 Å². The van der Waals surface area contributed by atoms with Gasteiger partial charge in [0.1, 0.15) is 11.3 Å². The van der Waals surface area contributed by atoms with Crippen LogP contribution in [0.25, 0.3) is 10.2 Å².